The second-order valence-corrected chi connectivity index (χ2v) is 2.68. The number of nitrogens with one attached hydrogen (secondary N) is 1. The number of halogens is 3. The summed E-state index contributed by atoms with van der Waals surface area (Å²) >= 11 is 0. The Morgan fingerprint density at radius 3 is 2.15 bits per heavy atom. The lowest BCUT2D eigenvalue weighted by molar-refractivity contribution is 0.447. The molecular formula is C9H10F3N. The number of hydrogen-bond acceptors (Lipinski definition) is 1. The summed E-state index contributed by atoms with van der Waals surface area (Å²) in [6, 6.07) is 1.88. The SMILES string of the molecule is CCCNc1cc(F)c(F)c(F)c1. The summed E-state index contributed by atoms with van der Waals surface area (Å²) in [6.45, 7) is 2.52. The predicted molar refractivity (Wildman–Crippen MR) is 45.1 cm³/mol. The van der Waals surface area contributed by atoms with Crippen molar-refractivity contribution in [2.24, 2.45) is 0 Å². The summed E-state index contributed by atoms with van der Waals surface area (Å²) in [7, 11) is 0. The van der Waals surface area contributed by atoms with E-state index in [1.54, 1.807) is 0 Å². The summed E-state index contributed by atoms with van der Waals surface area (Å²) in [5.74, 6) is -3.76. The molecule has 1 rings (SSSR count). The first kappa shape index (κ1) is 9.89. The van der Waals surface area contributed by atoms with Gasteiger partial charge >= 0.3 is 0 Å². The number of anilines is 1. The maximum absolute atomic E-state index is 12.6. The standard InChI is InChI=1S/C9H10F3N/c1-2-3-13-6-4-7(10)9(12)8(11)5-6/h4-5,13H,2-3H2,1H3. The van der Waals surface area contributed by atoms with Gasteiger partial charge in [0.15, 0.2) is 17.5 Å². The molecule has 0 aliphatic rings. The number of rotatable bonds is 3. The van der Waals surface area contributed by atoms with Gasteiger partial charge in [-0.3, -0.25) is 0 Å². The van der Waals surface area contributed by atoms with E-state index in [9.17, 15) is 13.2 Å². The Labute approximate surface area is 74.6 Å². The quantitative estimate of drug-likeness (QED) is 0.721. The first-order valence-corrected chi connectivity index (χ1v) is 4.03. The summed E-state index contributed by atoms with van der Waals surface area (Å²) in [6.07, 6.45) is 0.834. The lowest BCUT2D eigenvalue weighted by atomic mass is 10.3. The van der Waals surface area contributed by atoms with Crippen molar-refractivity contribution < 1.29 is 13.2 Å². The molecule has 0 spiro atoms. The third kappa shape index (κ3) is 2.37. The molecule has 72 valence electrons. The van der Waals surface area contributed by atoms with Crippen molar-refractivity contribution >= 4 is 5.69 Å². The van der Waals surface area contributed by atoms with Crippen LogP contribution in [0.4, 0.5) is 18.9 Å². The predicted octanol–water partition coefficient (Wildman–Crippen LogP) is 2.93. The monoisotopic (exact) mass is 189 g/mol. The highest BCUT2D eigenvalue weighted by Crippen LogP contribution is 2.16. The molecule has 0 heterocycles. The van der Waals surface area contributed by atoms with E-state index in [-0.39, 0.29) is 5.69 Å². The summed E-state index contributed by atoms with van der Waals surface area (Å²) in [5, 5.41) is 2.76. The Hall–Kier alpha value is -1.19. The molecule has 1 aromatic rings. The van der Waals surface area contributed by atoms with Gasteiger partial charge in [-0.15, -0.1) is 0 Å². The first-order chi connectivity index (χ1) is 6.15. The maximum atomic E-state index is 12.6. The third-order valence-electron chi connectivity index (χ3n) is 1.56. The van der Waals surface area contributed by atoms with Crippen LogP contribution in [-0.2, 0) is 0 Å². The van der Waals surface area contributed by atoms with Crippen molar-refractivity contribution in [2.45, 2.75) is 13.3 Å². The van der Waals surface area contributed by atoms with E-state index in [0.717, 1.165) is 18.6 Å². The fraction of sp³-hybridized carbons (Fsp3) is 0.333. The molecule has 0 amide bonds. The average molecular weight is 189 g/mol. The topological polar surface area (TPSA) is 12.0 Å². The Morgan fingerprint density at radius 2 is 1.69 bits per heavy atom. The van der Waals surface area contributed by atoms with Gasteiger partial charge in [-0.05, 0) is 6.42 Å². The molecule has 1 N–H and O–H groups in total. The molecule has 0 saturated heterocycles. The molecular weight excluding hydrogens is 179 g/mol. The van der Waals surface area contributed by atoms with Crippen LogP contribution < -0.4 is 5.32 Å². The van der Waals surface area contributed by atoms with Crippen LogP contribution in [0.15, 0.2) is 12.1 Å². The van der Waals surface area contributed by atoms with Gasteiger partial charge in [-0.25, -0.2) is 13.2 Å². The van der Waals surface area contributed by atoms with Gasteiger partial charge < -0.3 is 5.32 Å². The summed E-state index contributed by atoms with van der Waals surface area (Å²) in [4.78, 5) is 0. The van der Waals surface area contributed by atoms with E-state index in [2.05, 4.69) is 5.32 Å². The van der Waals surface area contributed by atoms with Gasteiger partial charge in [-0.1, -0.05) is 6.92 Å². The normalized spacial score (nSPS) is 10.2. The summed E-state index contributed by atoms with van der Waals surface area (Å²) < 4.78 is 37.7. The molecule has 1 aromatic carbocycles. The molecule has 0 bridgehead atoms. The Morgan fingerprint density at radius 1 is 1.15 bits per heavy atom. The molecule has 0 aliphatic heterocycles. The van der Waals surface area contributed by atoms with E-state index in [0.29, 0.717) is 6.54 Å². The molecule has 0 aromatic heterocycles. The first-order valence-electron chi connectivity index (χ1n) is 4.03. The zero-order valence-electron chi connectivity index (χ0n) is 7.20. The van der Waals surface area contributed by atoms with Crippen LogP contribution >= 0.6 is 0 Å². The van der Waals surface area contributed by atoms with E-state index in [4.69, 9.17) is 0 Å². The van der Waals surface area contributed by atoms with Crippen molar-refractivity contribution in [3.63, 3.8) is 0 Å². The van der Waals surface area contributed by atoms with Gasteiger partial charge in [0, 0.05) is 24.4 Å². The van der Waals surface area contributed by atoms with Crippen LogP contribution in [0.5, 0.6) is 0 Å². The van der Waals surface area contributed by atoms with Crippen molar-refractivity contribution in [2.75, 3.05) is 11.9 Å². The minimum Gasteiger partial charge on any atom is -0.385 e. The van der Waals surface area contributed by atoms with Crippen molar-refractivity contribution in [3.8, 4) is 0 Å². The molecule has 0 saturated carbocycles. The van der Waals surface area contributed by atoms with Gasteiger partial charge in [0.05, 0.1) is 0 Å². The van der Waals surface area contributed by atoms with Crippen LogP contribution in [0.2, 0.25) is 0 Å². The third-order valence-corrected chi connectivity index (χ3v) is 1.56. The highest BCUT2D eigenvalue weighted by molar-refractivity contribution is 5.43. The molecule has 0 atom stereocenters. The highest BCUT2D eigenvalue weighted by Gasteiger charge is 2.09. The van der Waals surface area contributed by atoms with Crippen LogP contribution in [-0.4, -0.2) is 6.54 Å². The minimum absolute atomic E-state index is 0.262. The van der Waals surface area contributed by atoms with Crippen LogP contribution in [0, 0.1) is 17.5 Å². The Bertz CT molecular complexity index is 276. The Balaban J connectivity index is 2.86. The number of hydrogen-bond donors (Lipinski definition) is 1. The molecule has 0 aliphatic carbocycles. The minimum atomic E-state index is -1.43. The second kappa shape index (κ2) is 4.16. The van der Waals surface area contributed by atoms with Crippen LogP contribution in [0.25, 0.3) is 0 Å². The smallest absolute Gasteiger partial charge is 0.194 e. The lowest BCUT2D eigenvalue weighted by Crippen LogP contribution is -2.02. The van der Waals surface area contributed by atoms with E-state index >= 15 is 0 Å². The van der Waals surface area contributed by atoms with Gasteiger partial charge in [0.1, 0.15) is 0 Å². The lowest BCUT2D eigenvalue weighted by Gasteiger charge is -2.05. The van der Waals surface area contributed by atoms with Gasteiger partial charge in [0.2, 0.25) is 0 Å². The molecule has 13 heavy (non-hydrogen) atoms. The molecule has 0 radical (unpaired) electrons. The van der Waals surface area contributed by atoms with E-state index in [1.807, 2.05) is 6.92 Å². The van der Waals surface area contributed by atoms with Gasteiger partial charge in [-0.2, -0.15) is 0 Å². The zero-order valence-corrected chi connectivity index (χ0v) is 7.20. The molecule has 1 nitrogen and oxygen atoms in total. The van der Waals surface area contributed by atoms with Crippen molar-refractivity contribution in [3.05, 3.63) is 29.6 Å². The average Bonchev–Trinajstić information content (AvgIpc) is 2.10. The van der Waals surface area contributed by atoms with Crippen LogP contribution in [0.1, 0.15) is 13.3 Å². The molecule has 0 unspecified atom stereocenters. The maximum Gasteiger partial charge on any atom is 0.194 e. The second-order valence-electron chi connectivity index (χ2n) is 2.68. The molecule has 0 fully saturated rings. The van der Waals surface area contributed by atoms with Crippen molar-refractivity contribution in [1.29, 1.82) is 0 Å². The van der Waals surface area contributed by atoms with E-state index in [1.165, 1.54) is 0 Å². The largest absolute Gasteiger partial charge is 0.385 e. The van der Waals surface area contributed by atoms with Gasteiger partial charge in [0.25, 0.3) is 0 Å². The molecule has 4 heteroatoms. The van der Waals surface area contributed by atoms with E-state index < -0.39 is 17.5 Å². The zero-order chi connectivity index (χ0) is 9.84. The number of benzene rings is 1. The van der Waals surface area contributed by atoms with Crippen LogP contribution in [0.3, 0.4) is 0 Å². The Kier molecular flexibility index (Phi) is 3.17. The fourth-order valence-corrected chi connectivity index (χ4v) is 0.927. The summed E-state index contributed by atoms with van der Waals surface area (Å²) in [5.41, 5.74) is 0.262. The fourth-order valence-electron chi connectivity index (χ4n) is 0.927. The highest BCUT2D eigenvalue weighted by atomic mass is 19.2. The van der Waals surface area contributed by atoms with Crippen molar-refractivity contribution in [1.82, 2.24) is 0 Å².